The normalized spacial score (nSPS) is 10.2. The molecular weight excluding hydrogens is 208 g/mol. The fourth-order valence-corrected chi connectivity index (χ4v) is 1.20. The smallest absolute Gasteiger partial charge is 0.331 e. The maximum absolute atomic E-state index is 11.7. The van der Waals surface area contributed by atoms with Gasteiger partial charge in [0.25, 0.3) is 0 Å². The molecule has 0 aliphatic rings. The molecule has 0 N–H and O–H groups in total. The molecule has 0 radical (unpaired) electrons. The molecule has 0 rings (SSSR count). The second-order valence-electron chi connectivity index (χ2n) is 3.32. The lowest BCUT2D eigenvalue weighted by Gasteiger charge is -2.21. The molecule has 0 aliphatic heterocycles. The van der Waals surface area contributed by atoms with E-state index in [0.29, 0.717) is 13.1 Å². The Labute approximate surface area is 96.7 Å². The highest BCUT2D eigenvalue weighted by molar-refractivity contribution is 5.82. The van der Waals surface area contributed by atoms with Crippen LogP contribution in [-0.2, 0) is 14.3 Å². The SMILES string of the molecule is CCN(CC)C(=O)CN(C)C=CC(=O)OC. The summed E-state index contributed by atoms with van der Waals surface area (Å²) in [6.07, 6.45) is 2.82. The molecule has 0 saturated heterocycles. The summed E-state index contributed by atoms with van der Waals surface area (Å²) in [5.41, 5.74) is 0. The number of hydrogen-bond acceptors (Lipinski definition) is 4. The van der Waals surface area contributed by atoms with E-state index in [2.05, 4.69) is 4.74 Å². The van der Waals surface area contributed by atoms with Gasteiger partial charge in [-0.15, -0.1) is 0 Å². The van der Waals surface area contributed by atoms with Gasteiger partial charge in [0, 0.05) is 32.4 Å². The van der Waals surface area contributed by atoms with Crippen LogP contribution in [-0.4, -0.2) is 55.5 Å². The number of methoxy groups -OCH3 is 1. The van der Waals surface area contributed by atoms with E-state index in [0.717, 1.165) is 0 Å². The lowest BCUT2D eigenvalue weighted by Crippen LogP contribution is -2.37. The second kappa shape index (κ2) is 7.73. The molecule has 0 bridgehead atoms. The number of esters is 1. The molecule has 0 aromatic heterocycles. The third-order valence-corrected chi connectivity index (χ3v) is 2.17. The number of nitrogens with zero attached hydrogens (tertiary/aromatic N) is 2. The average molecular weight is 228 g/mol. The number of carbonyl (C=O) groups is 2. The van der Waals surface area contributed by atoms with Crippen LogP contribution in [0.2, 0.25) is 0 Å². The molecule has 0 spiro atoms. The minimum Gasteiger partial charge on any atom is -0.466 e. The van der Waals surface area contributed by atoms with Crippen molar-refractivity contribution in [3.05, 3.63) is 12.3 Å². The van der Waals surface area contributed by atoms with Crippen molar-refractivity contribution in [1.82, 2.24) is 9.80 Å². The third kappa shape index (κ3) is 5.38. The number of amides is 1. The third-order valence-electron chi connectivity index (χ3n) is 2.17. The van der Waals surface area contributed by atoms with Crippen molar-refractivity contribution in [2.45, 2.75) is 13.8 Å². The van der Waals surface area contributed by atoms with E-state index in [4.69, 9.17) is 0 Å². The van der Waals surface area contributed by atoms with Crippen LogP contribution in [0.5, 0.6) is 0 Å². The summed E-state index contributed by atoms with van der Waals surface area (Å²) in [5, 5.41) is 0. The predicted octanol–water partition coefficient (Wildman–Crippen LogP) is 0.473. The Kier molecular flexibility index (Phi) is 7.00. The maximum Gasteiger partial charge on any atom is 0.331 e. The zero-order valence-corrected chi connectivity index (χ0v) is 10.4. The van der Waals surface area contributed by atoms with E-state index in [-0.39, 0.29) is 12.5 Å². The number of rotatable bonds is 6. The van der Waals surface area contributed by atoms with Gasteiger partial charge in [-0.2, -0.15) is 0 Å². The molecular formula is C11H20N2O3. The highest BCUT2D eigenvalue weighted by Gasteiger charge is 2.10. The maximum atomic E-state index is 11.7. The van der Waals surface area contributed by atoms with E-state index in [1.54, 1.807) is 16.8 Å². The van der Waals surface area contributed by atoms with Gasteiger partial charge in [0.05, 0.1) is 13.7 Å². The monoisotopic (exact) mass is 228 g/mol. The van der Waals surface area contributed by atoms with Crippen molar-refractivity contribution >= 4 is 11.9 Å². The van der Waals surface area contributed by atoms with Gasteiger partial charge in [-0.05, 0) is 13.8 Å². The molecule has 92 valence electrons. The molecule has 5 nitrogen and oxygen atoms in total. The molecule has 0 unspecified atom stereocenters. The van der Waals surface area contributed by atoms with Gasteiger partial charge in [-0.3, -0.25) is 4.79 Å². The summed E-state index contributed by atoms with van der Waals surface area (Å²) in [7, 11) is 3.05. The van der Waals surface area contributed by atoms with Crippen LogP contribution in [0.1, 0.15) is 13.8 Å². The molecule has 0 saturated carbocycles. The van der Waals surface area contributed by atoms with Crippen LogP contribution in [0.25, 0.3) is 0 Å². The van der Waals surface area contributed by atoms with Gasteiger partial charge in [0.15, 0.2) is 0 Å². The first kappa shape index (κ1) is 14.5. The van der Waals surface area contributed by atoms with E-state index < -0.39 is 5.97 Å². The van der Waals surface area contributed by atoms with Crippen molar-refractivity contribution < 1.29 is 14.3 Å². The standard InChI is InChI=1S/C11H20N2O3/c1-5-13(6-2)10(14)9-12(3)8-7-11(15)16-4/h7-8H,5-6,9H2,1-4H3. The van der Waals surface area contributed by atoms with Crippen molar-refractivity contribution in [3.8, 4) is 0 Å². The Morgan fingerprint density at radius 1 is 1.25 bits per heavy atom. The Hall–Kier alpha value is -1.52. The van der Waals surface area contributed by atoms with Crippen LogP contribution < -0.4 is 0 Å². The average Bonchev–Trinajstić information content (AvgIpc) is 2.27. The first-order valence-electron chi connectivity index (χ1n) is 5.29. The summed E-state index contributed by atoms with van der Waals surface area (Å²) >= 11 is 0. The van der Waals surface area contributed by atoms with Crippen LogP contribution in [0.4, 0.5) is 0 Å². The number of carbonyl (C=O) groups excluding carboxylic acids is 2. The Morgan fingerprint density at radius 3 is 2.25 bits per heavy atom. The molecule has 5 heteroatoms. The van der Waals surface area contributed by atoms with E-state index >= 15 is 0 Å². The Bertz CT molecular complexity index is 260. The summed E-state index contributed by atoms with van der Waals surface area (Å²) < 4.78 is 4.45. The molecule has 0 atom stereocenters. The largest absolute Gasteiger partial charge is 0.466 e. The molecule has 0 heterocycles. The van der Waals surface area contributed by atoms with Gasteiger partial charge in [-0.25, -0.2) is 4.79 Å². The minimum atomic E-state index is -0.429. The first-order chi connectivity index (χ1) is 7.54. The second-order valence-corrected chi connectivity index (χ2v) is 3.32. The molecule has 0 aromatic rings. The topological polar surface area (TPSA) is 49.9 Å². The van der Waals surface area contributed by atoms with E-state index in [1.807, 2.05) is 13.8 Å². The molecule has 0 aromatic carbocycles. The highest BCUT2D eigenvalue weighted by atomic mass is 16.5. The lowest BCUT2D eigenvalue weighted by molar-refractivity contribution is -0.135. The zero-order valence-electron chi connectivity index (χ0n) is 10.4. The minimum absolute atomic E-state index is 0.0435. The quantitative estimate of drug-likeness (QED) is 0.490. The zero-order chi connectivity index (χ0) is 12.6. The fourth-order valence-electron chi connectivity index (χ4n) is 1.20. The van der Waals surface area contributed by atoms with Crippen LogP contribution in [0, 0.1) is 0 Å². The fraction of sp³-hybridized carbons (Fsp3) is 0.636. The van der Waals surface area contributed by atoms with Crippen LogP contribution in [0.3, 0.4) is 0 Å². The Balaban J connectivity index is 4.13. The van der Waals surface area contributed by atoms with Crippen LogP contribution >= 0.6 is 0 Å². The molecule has 0 aliphatic carbocycles. The number of ether oxygens (including phenoxy) is 1. The van der Waals surface area contributed by atoms with Gasteiger partial charge < -0.3 is 14.5 Å². The molecule has 16 heavy (non-hydrogen) atoms. The number of likely N-dealkylation sites (N-methyl/N-ethyl adjacent to an activating group) is 2. The van der Waals surface area contributed by atoms with Crippen molar-refractivity contribution in [2.24, 2.45) is 0 Å². The van der Waals surface area contributed by atoms with Crippen molar-refractivity contribution in [1.29, 1.82) is 0 Å². The van der Waals surface area contributed by atoms with Gasteiger partial charge >= 0.3 is 5.97 Å². The summed E-state index contributed by atoms with van der Waals surface area (Å²) in [5.74, 6) is -0.385. The lowest BCUT2D eigenvalue weighted by atomic mass is 10.4. The van der Waals surface area contributed by atoms with E-state index in [9.17, 15) is 9.59 Å². The summed E-state index contributed by atoms with van der Waals surface area (Å²) in [6.45, 7) is 5.53. The van der Waals surface area contributed by atoms with Crippen LogP contribution in [0.15, 0.2) is 12.3 Å². The predicted molar refractivity (Wildman–Crippen MR) is 61.7 cm³/mol. The Morgan fingerprint density at radius 2 is 1.81 bits per heavy atom. The molecule has 1 amide bonds. The van der Waals surface area contributed by atoms with Gasteiger partial charge in [0.1, 0.15) is 0 Å². The van der Waals surface area contributed by atoms with Gasteiger partial charge in [0.2, 0.25) is 5.91 Å². The highest BCUT2D eigenvalue weighted by Crippen LogP contribution is 1.93. The van der Waals surface area contributed by atoms with E-state index in [1.165, 1.54) is 19.4 Å². The van der Waals surface area contributed by atoms with Crippen molar-refractivity contribution in [2.75, 3.05) is 33.8 Å². The summed E-state index contributed by atoms with van der Waals surface area (Å²) in [4.78, 5) is 25.9. The van der Waals surface area contributed by atoms with Gasteiger partial charge in [-0.1, -0.05) is 0 Å². The van der Waals surface area contributed by atoms with Crippen molar-refractivity contribution in [3.63, 3.8) is 0 Å². The molecule has 0 fully saturated rings. The summed E-state index contributed by atoms with van der Waals surface area (Å²) in [6, 6.07) is 0. The first-order valence-corrected chi connectivity index (χ1v) is 5.29. The number of hydrogen-bond donors (Lipinski definition) is 0.